The molecule has 0 saturated carbocycles. The molecule has 1 aromatic carbocycles. The van der Waals surface area contributed by atoms with Crippen molar-refractivity contribution < 1.29 is 14.3 Å². The second kappa shape index (κ2) is 9.06. The zero-order valence-electron chi connectivity index (χ0n) is 16.0. The van der Waals surface area contributed by atoms with E-state index in [0.717, 1.165) is 17.0 Å². The summed E-state index contributed by atoms with van der Waals surface area (Å²) in [6, 6.07) is 11.5. The Labute approximate surface area is 172 Å². The number of pyridine rings is 1. The van der Waals surface area contributed by atoms with Gasteiger partial charge in [-0.2, -0.15) is 0 Å². The maximum absolute atomic E-state index is 12.6. The Bertz CT molecular complexity index is 973. The Morgan fingerprint density at radius 1 is 1.21 bits per heavy atom. The molecule has 0 aliphatic carbocycles. The molecule has 0 radical (unpaired) electrons. The number of hydrogen-bond donors (Lipinski definition) is 0. The molecule has 0 atom stereocenters. The zero-order valence-corrected chi connectivity index (χ0v) is 16.8. The zero-order chi connectivity index (χ0) is 20.1. The molecule has 0 unspecified atom stereocenters. The molecule has 0 spiro atoms. The van der Waals surface area contributed by atoms with Crippen molar-refractivity contribution in [1.29, 1.82) is 0 Å². The van der Waals surface area contributed by atoms with Gasteiger partial charge in [0, 0.05) is 37.1 Å². The predicted molar refractivity (Wildman–Crippen MR) is 109 cm³/mol. The Kier molecular flexibility index (Phi) is 6.06. The van der Waals surface area contributed by atoms with E-state index in [-0.39, 0.29) is 11.7 Å². The highest BCUT2D eigenvalue weighted by Gasteiger charge is 2.21. The van der Waals surface area contributed by atoms with Crippen LogP contribution in [-0.2, 0) is 9.53 Å². The minimum atomic E-state index is 0.0708. The average Bonchev–Trinajstić information content (AvgIpc) is 3.22. The standard InChI is InChI=1S/C20H21N5O3S/c1-27-17-6-2-5-16(12-17)25-19(15-4-3-7-21-13-15)22-23-20(25)29-14-18(26)24-8-10-28-11-9-24/h2-7,12-13H,8-11,14H2,1H3. The second-order valence-corrected chi connectivity index (χ2v) is 7.31. The van der Waals surface area contributed by atoms with E-state index < -0.39 is 0 Å². The number of nitrogens with zero attached hydrogens (tertiary/aromatic N) is 5. The van der Waals surface area contributed by atoms with Crippen LogP contribution >= 0.6 is 11.8 Å². The molecule has 150 valence electrons. The molecule has 2 aromatic heterocycles. The number of morpholine rings is 1. The topological polar surface area (TPSA) is 82.4 Å². The minimum absolute atomic E-state index is 0.0708. The van der Waals surface area contributed by atoms with E-state index >= 15 is 0 Å². The first-order valence-electron chi connectivity index (χ1n) is 9.25. The number of rotatable bonds is 6. The van der Waals surface area contributed by atoms with Crippen LogP contribution in [0, 0.1) is 0 Å². The van der Waals surface area contributed by atoms with Crippen LogP contribution in [-0.4, -0.2) is 69.7 Å². The molecule has 0 bridgehead atoms. The van der Waals surface area contributed by atoms with Gasteiger partial charge in [-0.3, -0.25) is 14.3 Å². The van der Waals surface area contributed by atoms with Crippen LogP contribution in [0.15, 0.2) is 53.9 Å². The summed E-state index contributed by atoms with van der Waals surface area (Å²) in [5.74, 6) is 1.75. The molecule has 4 rings (SSSR count). The van der Waals surface area contributed by atoms with Crippen LogP contribution in [0.25, 0.3) is 17.1 Å². The van der Waals surface area contributed by atoms with Gasteiger partial charge in [0.2, 0.25) is 5.91 Å². The lowest BCUT2D eigenvalue weighted by Crippen LogP contribution is -2.41. The molecular formula is C20H21N5O3S. The van der Waals surface area contributed by atoms with Gasteiger partial charge >= 0.3 is 0 Å². The predicted octanol–water partition coefficient (Wildman–Crippen LogP) is 2.29. The summed E-state index contributed by atoms with van der Waals surface area (Å²) in [4.78, 5) is 18.6. The Morgan fingerprint density at radius 3 is 2.83 bits per heavy atom. The summed E-state index contributed by atoms with van der Waals surface area (Å²) in [5.41, 5.74) is 1.70. The van der Waals surface area contributed by atoms with E-state index in [1.165, 1.54) is 11.8 Å². The fourth-order valence-electron chi connectivity index (χ4n) is 3.06. The fraction of sp³-hybridized carbons (Fsp3) is 0.300. The third-order valence-electron chi connectivity index (χ3n) is 4.55. The number of methoxy groups -OCH3 is 1. The first-order chi connectivity index (χ1) is 14.3. The number of benzene rings is 1. The highest BCUT2D eigenvalue weighted by Crippen LogP contribution is 2.29. The van der Waals surface area contributed by atoms with Gasteiger partial charge in [-0.15, -0.1) is 10.2 Å². The average molecular weight is 411 g/mol. The van der Waals surface area contributed by atoms with E-state index in [2.05, 4.69) is 15.2 Å². The quantitative estimate of drug-likeness (QED) is 0.576. The molecule has 1 aliphatic heterocycles. The molecule has 1 amide bonds. The molecule has 3 aromatic rings. The molecule has 1 fully saturated rings. The molecule has 29 heavy (non-hydrogen) atoms. The Hall–Kier alpha value is -2.91. The van der Waals surface area contributed by atoms with Crippen molar-refractivity contribution in [2.45, 2.75) is 5.16 Å². The highest BCUT2D eigenvalue weighted by atomic mass is 32.2. The van der Waals surface area contributed by atoms with Crippen molar-refractivity contribution in [2.75, 3.05) is 39.2 Å². The van der Waals surface area contributed by atoms with Crippen LogP contribution in [0.3, 0.4) is 0 Å². The van der Waals surface area contributed by atoms with Gasteiger partial charge in [0.15, 0.2) is 11.0 Å². The molecule has 9 heteroatoms. The second-order valence-electron chi connectivity index (χ2n) is 6.37. The number of amides is 1. The maximum atomic E-state index is 12.6. The smallest absolute Gasteiger partial charge is 0.233 e. The summed E-state index contributed by atoms with van der Waals surface area (Å²) in [6.45, 7) is 2.43. The number of hydrogen-bond acceptors (Lipinski definition) is 7. The Balaban J connectivity index is 1.64. The van der Waals surface area contributed by atoms with Crippen molar-refractivity contribution in [3.8, 4) is 22.8 Å². The Morgan fingerprint density at radius 2 is 2.07 bits per heavy atom. The number of carbonyl (C=O) groups excluding carboxylic acids is 1. The van der Waals surface area contributed by atoms with Gasteiger partial charge in [0.05, 0.1) is 31.8 Å². The normalized spacial score (nSPS) is 14.0. The van der Waals surface area contributed by atoms with Crippen LogP contribution in [0.2, 0.25) is 0 Å². The third kappa shape index (κ3) is 4.41. The van der Waals surface area contributed by atoms with Gasteiger partial charge in [-0.1, -0.05) is 17.8 Å². The molecule has 1 saturated heterocycles. The maximum Gasteiger partial charge on any atom is 0.233 e. The fourth-order valence-corrected chi connectivity index (χ4v) is 3.91. The van der Waals surface area contributed by atoms with E-state index in [1.54, 1.807) is 19.5 Å². The van der Waals surface area contributed by atoms with Gasteiger partial charge in [-0.25, -0.2) is 0 Å². The van der Waals surface area contributed by atoms with Crippen molar-refractivity contribution in [3.63, 3.8) is 0 Å². The number of aromatic nitrogens is 4. The first-order valence-corrected chi connectivity index (χ1v) is 10.2. The number of carbonyl (C=O) groups is 1. The largest absolute Gasteiger partial charge is 0.497 e. The summed E-state index contributed by atoms with van der Waals surface area (Å²) >= 11 is 1.37. The highest BCUT2D eigenvalue weighted by molar-refractivity contribution is 7.99. The summed E-state index contributed by atoms with van der Waals surface area (Å²) in [6.07, 6.45) is 3.46. The molecular weight excluding hydrogens is 390 g/mol. The summed E-state index contributed by atoms with van der Waals surface area (Å²) in [7, 11) is 1.63. The lowest BCUT2D eigenvalue weighted by Gasteiger charge is -2.26. The lowest BCUT2D eigenvalue weighted by atomic mass is 10.2. The minimum Gasteiger partial charge on any atom is -0.497 e. The van der Waals surface area contributed by atoms with Gasteiger partial charge in [0.25, 0.3) is 0 Å². The lowest BCUT2D eigenvalue weighted by molar-refractivity contribution is -0.132. The van der Waals surface area contributed by atoms with Crippen molar-refractivity contribution >= 4 is 17.7 Å². The van der Waals surface area contributed by atoms with Gasteiger partial charge < -0.3 is 14.4 Å². The van der Waals surface area contributed by atoms with E-state index in [1.807, 2.05) is 45.9 Å². The first kappa shape index (κ1) is 19.4. The van der Waals surface area contributed by atoms with Gasteiger partial charge in [-0.05, 0) is 24.3 Å². The van der Waals surface area contributed by atoms with E-state index in [0.29, 0.717) is 37.3 Å². The van der Waals surface area contributed by atoms with Crippen LogP contribution in [0.4, 0.5) is 0 Å². The van der Waals surface area contributed by atoms with Crippen LogP contribution in [0.1, 0.15) is 0 Å². The number of ether oxygens (including phenoxy) is 2. The molecule has 0 N–H and O–H groups in total. The van der Waals surface area contributed by atoms with Crippen molar-refractivity contribution in [1.82, 2.24) is 24.6 Å². The molecule has 3 heterocycles. The summed E-state index contributed by atoms with van der Waals surface area (Å²) in [5, 5.41) is 9.37. The van der Waals surface area contributed by atoms with Crippen LogP contribution in [0.5, 0.6) is 5.75 Å². The molecule has 1 aliphatic rings. The van der Waals surface area contributed by atoms with Crippen LogP contribution < -0.4 is 4.74 Å². The van der Waals surface area contributed by atoms with Gasteiger partial charge in [0.1, 0.15) is 5.75 Å². The van der Waals surface area contributed by atoms with Crippen molar-refractivity contribution in [2.24, 2.45) is 0 Å². The van der Waals surface area contributed by atoms with Crippen molar-refractivity contribution in [3.05, 3.63) is 48.8 Å². The van der Waals surface area contributed by atoms with E-state index in [9.17, 15) is 4.79 Å². The third-order valence-corrected chi connectivity index (χ3v) is 5.47. The van der Waals surface area contributed by atoms with E-state index in [4.69, 9.17) is 9.47 Å². The summed E-state index contributed by atoms with van der Waals surface area (Å²) < 4.78 is 12.6. The SMILES string of the molecule is COc1cccc(-n2c(SCC(=O)N3CCOCC3)nnc2-c2cccnc2)c1. The monoisotopic (exact) mass is 411 g/mol. The molecule has 8 nitrogen and oxygen atoms in total. The number of thioether (sulfide) groups is 1.